The van der Waals surface area contributed by atoms with Crippen LogP contribution in [0.25, 0.3) is 0 Å². The fourth-order valence-corrected chi connectivity index (χ4v) is 1.20. The van der Waals surface area contributed by atoms with Gasteiger partial charge in [-0.05, 0) is 18.9 Å². The van der Waals surface area contributed by atoms with Crippen molar-refractivity contribution in [3.63, 3.8) is 0 Å². The maximum atomic E-state index is 11.1. The lowest BCUT2D eigenvalue weighted by Crippen LogP contribution is -2.39. The second-order valence-corrected chi connectivity index (χ2v) is 3.07. The van der Waals surface area contributed by atoms with Crippen molar-refractivity contribution in [1.29, 1.82) is 0 Å². The van der Waals surface area contributed by atoms with Crippen LogP contribution in [0, 0.1) is 5.21 Å². The van der Waals surface area contributed by atoms with Gasteiger partial charge in [0, 0.05) is 12.1 Å². The number of nitrogens with two attached hydrogens (primary N) is 1. The third-order valence-corrected chi connectivity index (χ3v) is 2.12. The van der Waals surface area contributed by atoms with Crippen molar-refractivity contribution < 1.29 is 4.73 Å². The molecule has 0 bridgehead atoms. The molecule has 1 fully saturated rings. The van der Waals surface area contributed by atoms with Gasteiger partial charge in [-0.15, -0.1) is 0 Å². The first-order valence-corrected chi connectivity index (χ1v) is 3.70. The molecular weight excluding hydrogens is 140 g/mol. The van der Waals surface area contributed by atoms with Gasteiger partial charge in [0.25, 0.3) is 0 Å². The second kappa shape index (κ2) is 1.95. The van der Waals surface area contributed by atoms with Gasteiger partial charge in [0.05, 0.1) is 0 Å². The molecule has 1 aliphatic carbocycles. The van der Waals surface area contributed by atoms with Crippen molar-refractivity contribution in [1.82, 2.24) is 0 Å². The van der Waals surface area contributed by atoms with Crippen LogP contribution in [0.2, 0.25) is 0 Å². The van der Waals surface area contributed by atoms with Crippen LogP contribution in [-0.2, 0) is 5.54 Å². The summed E-state index contributed by atoms with van der Waals surface area (Å²) in [4.78, 5) is 0. The third kappa shape index (κ3) is 0.973. The number of aromatic nitrogens is 1. The Hall–Kier alpha value is -1.09. The van der Waals surface area contributed by atoms with Gasteiger partial charge in [-0.25, -0.2) is 0 Å². The first-order chi connectivity index (χ1) is 5.22. The van der Waals surface area contributed by atoms with E-state index in [0.717, 1.165) is 17.6 Å². The highest BCUT2D eigenvalue weighted by Gasteiger charge is 2.46. The standard InChI is InChI=1S/C8H10N2O/c9-8(4-5-8)7-3-1-2-6-10(7)11/h1-3,6H,4-5,9H2. The molecular formula is C8H10N2O. The molecule has 0 aromatic carbocycles. The minimum absolute atomic E-state index is 0.316. The average molecular weight is 150 g/mol. The summed E-state index contributed by atoms with van der Waals surface area (Å²) in [5.41, 5.74) is 6.23. The summed E-state index contributed by atoms with van der Waals surface area (Å²) in [5.74, 6) is 0. The van der Waals surface area contributed by atoms with Crippen LogP contribution in [0.4, 0.5) is 0 Å². The van der Waals surface area contributed by atoms with E-state index in [1.54, 1.807) is 12.1 Å². The van der Waals surface area contributed by atoms with Crippen molar-refractivity contribution in [2.45, 2.75) is 18.4 Å². The molecule has 3 heteroatoms. The van der Waals surface area contributed by atoms with E-state index in [9.17, 15) is 5.21 Å². The summed E-state index contributed by atoms with van der Waals surface area (Å²) in [7, 11) is 0. The van der Waals surface area contributed by atoms with E-state index >= 15 is 0 Å². The number of hydrogen-bond acceptors (Lipinski definition) is 2. The van der Waals surface area contributed by atoms with Gasteiger partial charge in [-0.2, -0.15) is 4.73 Å². The first kappa shape index (κ1) is 6.61. The SMILES string of the molecule is NC1(c2cccc[n+]2[O-])CC1. The molecule has 0 saturated heterocycles. The van der Waals surface area contributed by atoms with Gasteiger partial charge >= 0.3 is 0 Å². The van der Waals surface area contributed by atoms with Gasteiger partial charge in [-0.3, -0.25) is 0 Å². The summed E-state index contributed by atoms with van der Waals surface area (Å²) in [6.45, 7) is 0. The highest BCUT2D eigenvalue weighted by Crippen LogP contribution is 2.40. The molecule has 1 aliphatic rings. The summed E-state index contributed by atoms with van der Waals surface area (Å²) in [6, 6.07) is 5.35. The maximum absolute atomic E-state index is 11.1. The van der Waals surface area contributed by atoms with Crippen molar-refractivity contribution in [3.8, 4) is 0 Å². The molecule has 58 valence electrons. The monoisotopic (exact) mass is 150 g/mol. The summed E-state index contributed by atoms with van der Waals surface area (Å²) >= 11 is 0. The molecule has 1 saturated carbocycles. The molecule has 0 spiro atoms. The Morgan fingerprint density at radius 2 is 2.18 bits per heavy atom. The topological polar surface area (TPSA) is 53.0 Å². The fourth-order valence-electron chi connectivity index (χ4n) is 1.20. The molecule has 1 heterocycles. The Kier molecular flexibility index (Phi) is 1.17. The predicted molar refractivity (Wildman–Crippen MR) is 40.5 cm³/mol. The van der Waals surface area contributed by atoms with E-state index < -0.39 is 0 Å². The first-order valence-electron chi connectivity index (χ1n) is 3.70. The van der Waals surface area contributed by atoms with Crippen LogP contribution >= 0.6 is 0 Å². The normalized spacial score (nSPS) is 19.7. The smallest absolute Gasteiger partial charge is 0.212 e. The molecule has 0 radical (unpaired) electrons. The van der Waals surface area contributed by atoms with Crippen LogP contribution in [0.5, 0.6) is 0 Å². The van der Waals surface area contributed by atoms with Crippen LogP contribution in [0.15, 0.2) is 24.4 Å². The maximum Gasteiger partial charge on any atom is 0.212 e. The van der Waals surface area contributed by atoms with Crippen LogP contribution < -0.4 is 10.5 Å². The van der Waals surface area contributed by atoms with Crippen LogP contribution in [0.1, 0.15) is 18.5 Å². The van der Waals surface area contributed by atoms with E-state index in [1.165, 1.54) is 6.20 Å². The Morgan fingerprint density at radius 3 is 2.73 bits per heavy atom. The van der Waals surface area contributed by atoms with E-state index in [0.29, 0.717) is 5.69 Å². The third-order valence-electron chi connectivity index (χ3n) is 2.12. The zero-order chi connectivity index (χ0) is 7.90. The molecule has 0 amide bonds. The molecule has 1 aromatic heterocycles. The summed E-state index contributed by atoms with van der Waals surface area (Å²) in [6.07, 6.45) is 3.35. The van der Waals surface area contributed by atoms with Gasteiger partial charge in [0.15, 0.2) is 6.20 Å². The number of hydrogen-bond donors (Lipinski definition) is 1. The number of nitrogens with zero attached hydrogens (tertiary/aromatic N) is 1. The van der Waals surface area contributed by atoms with Crippen molar-refractivity contribution in [2.24, 2.45) is 5.73 Å². The molecule has 11 heavy (non-hydrogen) atoms. The lowest BCUT2D eigenvalue weighted by Gasteiger charge is -2.07. The summed E-state index contributed by atoms with van der Waals surface area (Å²) in [5, 5.41) is 11.1. The lowest BCUT2D eigenvalue weighted by molar-refractivity contribution is -0.616. The van der Waals surface area contributed by atoms with Crippen molar-refractivity contribution >= 4 is 0 Å². The largest absolute Gasteiger partial charge is 0.618 e. The molecule has 3 nitrogen and oxygen atoms in total. The second-order valence-electron chi connectivity index (χ2n) is 3.07. The Balaban J connectivity index is 2.45. The van der Waals surface area contributed by atoms with Crippen LogP contribution in [-0.4, -0.2) is 0 Å². The molecule has 0 atom stereocenters. The molecule has 2 N–H and O–H groups in total. The van der Waals surface area contributed by atoms with E-state index in [-0.39, 0.29) is 5.54 Å². The van der Waals surface area contributed by atoms with Gasteiger partial charge in [0.1, 0.15) is 5.54 Å². The van der Waals surface area contributed by atoms with E-state index in [1.807, 2.05) is 6.07 Å². The minimum Gasteiger partial charge on any atom is -0.618 e. The van der Waals surface area contributed by atoms with Crippen LogP contribution in [0.3, 0.4) is 0 Å². The van der Waals surface area contributed by atoms with E-state index in [2.05, 4.69) is 0 Å². The Bertz CT molecular complexity index is 281. The average Bonchev–Trinajstić information content (AvgIpc) is 2.70. The minimum atomic E-state index is -0.316. The van der Waals surface area contributed by atoms with Gasteiger partial charge < -0.3 is 10.9 Å². The summed E-state index contributed by atoms with van der Waals surface area (Å²) < 4.78 is 0.854. The highest BCUT2D eigenvalue weighted by molar-refractivity contribution is 5.17. The molecule has 2 rings (SSSR count). The zero-order valence-electron chi connectivity index (χ0n) is 6.16. The Morgan fingerprint density at radius 1 is 1.45 bits per heavy atom. The Labute approximate surface area is 65.0 Å². The predicted octanol–water partition coefficient (Wildman–Crippen LogP) is 0.268. The van der Waals surface area contributed by atoms with Gasteiger partial charge in [-0.1, -0.05) is 0 Å². The fraction of sp³-hybridized carbons (Fsp3) is 0.375. The van der Waals surface area contributed by atoms with Gasteiger partial charge in [0.2, 0.25) is 5.69 Å². The van der Waals surface area contributed by atoms with E-state index in [4.69, 9.17) is 5.73 Å². The zero-order valence-corrected chi connectivity index (χ0v) is 6.16. The lowest BCUT2D eigenvalue weighted by atomic mass is 10.2. The molecule has 0 unspecified atom stereocenters. The quantitative estimate of drug-likeness (QED) is 0.461. The number of rotatable bonds is 1. The number of pyridine rings is 1. The molecule has 1 aromatic rings. The molecule has 0 aliphatic heterocycles. The van der Waals surface area contributed by atoms with Crippen molar-refractivity contribution in [3.05, 3.63) is 35.3 Å². The van der Waals surface area contributed by atoms with Crippen molar-refractivity contribution in [2.75, 3.05) is 0 Å². The highest BCUT2D eigenvalue weighted by atomic mass is 16.5.